The highest BCUT2D eigenvalue weighted by atomic mass is 16.1. The molecule has 4 rings (SSSR count). The minimum atomic E-state index is -0.0580. The summed E-state index contributed by atoms with van der Waals surface area (Å²) in [5.74, 6) is 1.39. The second-order valence-corrected chi connectivity index (χ2v) is 6.45. The van der Waals surface area contributed by atoms with Crippen LogP contribution in [-0.4, -0.2) is 48.9 Å². The molecule has 1 amide bonds. The SMILES string of the molecule is O=C(NCc1ccncc1)C1CCCN(c2ccc(-n3cncn3)nn2)C1. The molecule has 1 unspecified atom stereocenters. The zero-order valence-corrected chi connectivity index (χ0v) is 14.8. The smallest absolute Gasteiger partial charge is 0.225 e. The van der Waals surface area contributed by atoms with E-state index in [0.717, 1.165) is 30.8 Å². The van der Waals surface area contributed by atoms with Crippen molar-refractivity contribution in [1.82, 2.24) is 35.3 Å². The third kappa shape index (κ3) is 4.08. The van der Waals surface area contributed by atoms with Gasteiger partial charge in [0.2, 0.25) is 5.91 Å². The third-order valence-corrected chi connectivity index (χ3v) is 4.62. The van der Waals surface area contributed by atoms with Gasteiger partial charge in [-0.3, -0.25) is 9.78 Å². The third-order valence-electron chi connectivity index (χ3n) is 4.62. The van der Waals surface area contributed by atoms with Crippen LogP contribution in [0.2, 0.25) is 0 Å². The van der Waals surface area contributed by atoms with Crippen molar-refractivity contribution in [3.8, 4) is 5.82 Å². The van der Waals surface area contributed by atoms with Gasteiger partial charge in [0.15, 0.2) is 11.6 Å². The number of nitrogens with one attached hydrogen (secondary N) is 1. The topological polar surface area (TPSA) is 102 Å². The predicted octanol–water partition coefficient (Wildman–Crippen LogP) is 0.985. The highest BCUT2D eigenvalue weighted by molar-refractivity contribution is 5.79. The van der Waals surface area contributed by atoms with Crippen molar-refractivity contribution < 1.29 is 4.79 Å². The Morgan fingerprint density at radius 2 is 1.93 bits per heavy atom. The van der Waals surface area contributed by atoms with Crippen molar-refractivity contribution in [2.45, 2.75) is 19.4 Å². The average molecular weight is 364 g/mol. The number of piperidine rings is 1. The number of hydrogen-bond acceptors (Lipinski definition) is 7. The lowest BCUT2D eigenvalue weighted by molar-refractivity contribution is -0.125. The lowest BCUT2D eigenvalue weighted by Crippen LogP contribution is -2.43. The van der Waals surface area contributed by atoms with Gasteiger partial charge in [-0.15, -0.1) is 10.2 Å². The first-order valence-electron chi connectivity index (χ1n) is 8.90. The zero-order valence-electron chi connectivity index (χ0n) is 14.8. The molecule has 0 bridgehead atoms. The van der Waals surface area contributed by atoms with Gasteiger partial charge in [0.1, 0.15) is 12.7 Å². The molecule has 1 aliphatic heterocycles. The quantitative estimate of drug-likeness (QED) is 0.720. The number of carbonyl (C=O) groups excluding carboxylic acids is 1. The Morgan fingerprint density at radius 3 is 2.67 bits per heavy atom. The van der Waals surface area contributed by atoms with E-state index in [0.29, 0.717) is 18.9 Å². The van der Waals surface area contributed by atoms with Gasteiger partial charge in [-0.1, -0.05) is 0 Å². The van der Waals surface area contributed by atoms with Crippen molar-refractivity contribution in [1.29, 1.82) is 0 Å². The fourth-order valence-electron chi connectivity index (χ4n) is 3.17. The fourth-order valence-corrected chi connectivity index (χ4v) is 3.17. The lowest BCUT2D eigenvalue weighted by Gasteiger charge is -2.32. The largest absolute Gasteiger partial charge is 0.354 e. The van der Waals surface area contributed by atoms with E-state index in [1.165, 1.54) is 6.33 Å². The maximum absolute atomic E-state index is 12.5. The van der Waals surface area contributed by atoms with Crippen molar-refractivity contribution in [3.05, 3.63) is 54.9 Å². The maximum Gasteiger partial charge on any atom is 0.225 e. The molecule has 1 aliphatic rings. The molecule has 1 N–H and O–H groups in total. The first-order chi connectivity index (χ1) is 13.3. The van der Waals surface area contributed by atoms with E-state index in [1.54, 1.807) is 23.4 Å². The molecule has 0 aliphatic carbocycles. The van der Waals surface area contributed by atoms with E-state index in [9.17, 15) is 4.79 Å². The fraction of sp³-hybridized carbons (Fsp3) is 0.333. The van der Waals surface area contributed by atoms with Crippen LogP contribution in [0.15, 0.2) is 49.3 Å². The van der Waals surface area contributed by atoms with Crippen molar-refractivity contribution in [2.75, 3.05) is 18.0 Å². The molecule has 3 aromatic rings. The molecule has 0 radical (unpaired) electrons. The van der Waals surface area contributed by atoms with E-state index in [2.05, 4.69) is 35.5 Å². The van der Waals surface area contributed by atoms with Crippen LogP contribution in [0.25, 0.3) is 5.82 Å². The molecule has 4 heterocycles. The van der Waals surface area contributed by atoms with Crippen LogP contribution in [0.1, 0.15) is 18.4 Å². The molecule has 1 saturated heterocycles. The van der Waals surface area contributed by atoms with E-state index >= 15 is 0 Å². The predicted molar refractivity (Wildman–Crippen MR) is 98.0 cm³/mol. The molecule has 9 heteroatoms. The van der Waals surface area contributed by atoms with Gasteiger partial charge in [0.25, 0.3) is 0 Å². The van der Waals surface area contributed by atoms with Gasteiger partial charge in [0, 0.05) is 32.0 Å². The van der Waals surface area contributed by atoms with Crippen LogP contribution in [0.5, 0.6) is 0 Å². The highest BCUT2D eigenvalue weighted by Crippen LogP contribution is 2.22. The molecule has 9 nitrogen and oxygen atoms in total. The number of nitrogens with zero attached hydrogens (tertiary/aromatic N) is 7. The lowest BCUT2D eigenvalue weighted by atomic mass is 9.97. The van der Waals surface area contributed by atoms with E-state index in [1.807, 2.05) is 24.3 Å². The normalized spacial score (nSPS) is 16.9. The van der Waals surface area contributed by atoms with Crippen LogP contribution < -0.4 is 10.2 Å². The number of amides is 1. The van der Waals surface area contributed by atoms with Crippen LogP contribution in [0, 0.1) is 5.92 Å². The molecule has 1 atom stereocenters. The summed E-state index contributed by atoms with van der Waals surface area (Å²) in [4.78, 5) is 22.6. The van der Waals surface area contributed by atoms with Crippen LogP contribution in [0.4, 0.5) is 5.82 Å². The summed E-state index contributed by atoms with van der Waals surface area (Å²) in [5.41, 5.74) is 1.04. The molecule has 0 spiro atoms. The van der Waals surface area contributed by atoms with E-state index in [4.69, 9.17) is 0 Å². The Kier molecular flexibility index (Phi) is 4.99. The van der Waals surface area contributed by atoms with Crippen molar-refractivity contribution >= 4 is 11.7 Å². The standard InChI is InChI=1S/C18H20N8O/c27-18(21-10-14-5-7-19-8-6-14)15-2-1-9-25(11-15)16-3-4-17(24-23-16)26-13-20-12-22-26/h3-8,12-13,15H,1-2,9-11H2,(H,21,27). The summed E-state index contributed by atoms with van der Waals surface area (Å²) in [5, 5.41) is 15.6. The van der Waals surface area contributed by atoms with Gasteiger partial charge in [0.05, 0.1) is 5.92 Å². The molecular formula is C18H20N8O. The number of anilines is 1. The monoisotopic (exact) mass is 364 g/mol. The van der Waals surface area contributed by atoms with Crippen LogP contribution in [0.3, 0.4) is 0 Å². The Labute approximate surface area is 156 Å². The van der Waals surface area contributed by atoms with Gasteiger partial charge in [-0.25, -0.2) is 9.67 Å². The zero-order chi connectivity index (χ0) is 18.5. The summed E-state index contributed by atoms with van der Waals surface area (Å²) < 4.78 is 1.56. The van der Waals surface area contributed by atoms with Gasteiger partial charge >= 0.3 is 0 Å². The second-order valence-electron chi connectivity index (χ2n) is 6.45. The minimum absolute atomic E-state index is 0.0580. The minimum Gasteiger partial charge on any atom is -0.354 e. The Bertz CT molecular complexity index is 866. The average Bonchev–Trinajstić information content (AvgIpc) is 3.28. The molecule has 3 aromatic heterocycles. The van der Waals surface area contributed by atoms with E-state index in [-0.39, 0.29) is 11.8 Å². The summed E-state index contributed by atoms with van der Waals surface area (Å²) in [6.07, 6.45) is 8.31. The maximum atomic E-state index is 12.5. The van der Waals surface area contributed by atoms with Crippen LogP contribution in [-0.2, 0) is 11.3 Å². The molecule has 0 aromatic carbocycles. The summed E-state index contributed by atoms with van der Waals surface area (Å²) >= 11 is 0. The van der Waals surface area contributed by atoms with Gasteiger partial charge in [-0.2, -0.15) is 5.10 Å². The molecule has 1 fully saturated rings. The van der Waals surface area contributed by atoms with Crippen molar-refractivity contribution in [2.24, 2.45) is 5.92 Å². The van der Waals surface area contributed by atoms with Gasteiger partial charge in [-0.05, 0) is 42.7 Å². The number of aromatic nitrogens is 6. The summed E-state index contributed by atoms with van der Waals surface area (Å²) in [6.45, 7) is 2.02. The van der Waals surface area contributed by atoms with Crippen LogP contribution >= 0.6 is 0 Å². The van der Waals surface area contributed by atoms with E-state index < -0.39 is 0 Å². The first kappa shape index (κ1) is 17.1. The first-order valence-corrected chi connectivity index (χ1v) is 8.90. The number of hydrogen-bond donors (Lipinski definition) is 1. The highest BCUT2D eigenvalue weighted by Gasteiger charge is 2.26. The molecule has 138 valence electrons. The molecule has 0 saturated carbocycles. The number of pyridine rings is 1. The number of carbonyl (C=O) groups is 1. The molecular weight excluding hydrogens is 344 g/mol. The summed E-state index contributed by atoms with van der Waals surface area (Å²) in [6, 6.07) is 7.56. The Hall–Kier alpha value is -3.36. The molecule has 27 heavy (non-hydrogen) atoms. The Balaban J connectivity index is 1.36. The van der Waals surface area contributed by atoms with Crippen molar-refractivity contribution in [3.63, 3.8) is 0 Å². The van der Waals surface area contributed by atoms with Gasteiger partial charge < -0.3 is 10.2 Å². The summed E-state index contributed by atoms with van der Waals surface area (Å²) in [7, 11) is 0. The number of rotatable bonds is 5. The second kappa shape index (κ2) is 7.90. The Morgan fingerprint density at radius 1 is 1.11 bits per heavy atom.